The predicted octanol–water partition coefficient (Wildman–Crippen LogP) is 2.07. The van der Waals surface area contributed by atoms with Crippen molar-refractivity contribution in [1.29, 1.82) is 0 Å². The molecule has 3 nitrogen and oxygen atoms in total. The van der Waals surface area contributed by atoms with Gasteiger partial charge in [-0.15, -0.1) is 0 Å². The fraction of sp³-hybridized carbons (Fsp3) is 0.182. The number of nitrogens with one attached hydrogen (secondary N) is 2. The minimum Gasteiger partial charge on any atom is -0.341 e. The highest BCUT2D eigenvalue weighted by Crippen LogP contribution is 2.21. The topological polar surface area (TPSA) is 40.7 Å². The van der Waals surface area contributed by atoms with Crippen LogP contribution in [-0.4, -0.2) is 17.0 Å². The lowest BCUT2D eigenvalue weighted by atomic mass is 10.1. The van der Waals surface area contributed by atoms with Crippen molar-refractivity contribution < 1.29 is 8.78 Å². The summed E-state index contributed by atoms with van der Waals surface area (Å²) in [5.41, 5.74) is 0.664. The lowest BCUT2D eigenvalue weighted by Gasteiger charge is -2.00. The van der Waals surface area contributed by atoms with Gasteiger partial charge in [-0.3, -0.25) is 0 Å². The van der Waals surface area contributed by atoms with Crippen LogP contribution in [0.1, 0.15) is 5.82 Å². The van der Waals surface area contributed by atoms with E-state index in [1.165, 1.54) is 6.20 Å². The van der Waals surface area contributed by atoms with Crippen LogP contribution in [0.3, 0.4) is 0 Å². The molecule has 0 saturated heterocycles. The molecule has 0 saturated carbocycles. The molecule has 2 N–H and O–H groups in total. The molecule has 0 aliphatic rings. The molecule has 0 radical (unpaired) electrons. The number of aromatic nitrogens is 2. The van der Waals surface area contributed by atoms with Gasteiger partial charge in [-0.25, -0.2) is 13.8 Å². The molecule has 84 valence electrons. The SMILES string of the molecule is CNCc1ncc(-c2cc(F)ccc2F)[nH]1. The van der Waals surface area contributed by atoms with Gasteiger partial charge in [0.1, 0.15) is 17.5 Å². The summed E-state index contributed by atoms with van der Waals surface area (Å²) < 4.78 is 26.4. The van der Waals surface area contributed by atoms with Gasteiger partial charge in [-0.05, 0) is 25.2 Å². The maximum Gasteiger partial charge on any atom is 0.132 e. The van der Waals surface area contributed by atoms with E-state index in [0.29, 0.717) is 18.1 Å². The van der Waals surface area contributed by atoms with E-state index in [9.17, 15) is 8.78 Å². The molecule has 0 spiro atoms. The number of H-pyrrole nitrogens is 1. The predicted molar refractivity (Wildman–Crippen MR) is 56.7 cm³/mol. The Morgan fingerprint density at radius 1 is 1.38 bits per heavy atom. The van der Waals surface area contributed by atoms with Crippen LogP contribution in [0.5, 0.6) is 0 Å². The summed E-state index contributed by atoms with van der Waals surface area (Å²) in [6, 6.07) is 3.33. The summed E-state index contributed by atoms with van der Waals surface area (Å²) in [5.74, 6) is -0.261. The molecule has 0 aliphatic carbocycles. The zero-order valence-corrected chi connectivity index (χ0v) is 8.72. The van der Waals surface area contributed by atoms with Gasteiger partial charge in [0.2, 0.25) is 0 Å². The maximum absolute atomic E-state index is 13.4. The summed E-state index contributed by atoms with van der Waals surface area (Å²) in [6.07, 6.45) is 1.49. The molecule has 5 heteroatoms. The Hall–Kier alpha value is -1.75. The number of imidazole rings is 1. The lowest BCUT2D eigenvalue weighted by molar-refractivity contribution is 0.602. The third-order valence-electron chi connectivity index (χ3n) is 2.19. The first kappa shape index (κ1) is 10.8. The normalized spacial score (nSPS) is 10.7. The molecule has 0 bridgehead atoms. The number of hydrogen-bond donors (Lipinski definition) is 2. The molecular weight excluding hydrogens is 212 g/mol. The Morgan fingerprint density at radius 3 is 2.94 bits per heavy atom. The maximum atomic E-state index is 13.4. The van der Waals surface area contributed by atoms with E-state index >= 15 is 0 Å². The molecule has 1 aromatic carbocycles. The highest BCUT2D eigenvalue weighted by atomic mass is 19.1. The molecule has 0 amide bonds. The lowest BCUT2D eigenvalue weighted by Crippen LogP contribution is -2.06. The number of aromatic amines is 1. The average molecular weight is 223 g/mol. The van der Waals surface area contributed by atoms with Gasteiger partial charge in [-0.2, -0.15) is 0 Å². The summed E-state index contributed by atoms with van der Waals surface area (Å²) >= 11 is 0. The summed E-state index contributed by atoms with van der Waals surface area (Å²) in [5, 5.41) is 2.91. The zero-order chi connectivity index (χ0) is 11.5. The van der Waals surface area contributed by atoms with E-state index in [1.807, 2.05) is 0 Å². The minimum atomic E-state index is -0.471. The molecule has 2 aromatic rings. The Bertz CT molecular complexity index is 494. The van der Waals surface area contributed by atoms with Crippen LogP contribution >= 0.6 is 0 Å². The van der Waals surface area contributed by atoms with Crippen LogP contribution in [0.2, 0.25) is 0 Å². The number of rotatable bonds is 3. The highest BCUT2D eigenvalue weighted by molar-refractivity contribution is 5.59. The van der Waals surface area contributed by atoms with Gasteiger partial charge in [0, 0.05) is 5.56 Å². The van der Waals surface area contributed by atoms with Crippen molar-refractivity contribution in [2.75, 3.05) is 7.05 Å². The summed E-state index contributed by atoms with van der Waals surface area (Å²) in [6.45, 7) is 0.553. The van der Waals surface area contributed by atoms with E-state index in [1.54, 1.807) is 7.05 Å². The number of hydrogen-bond acceptors (Lipinski definition) is 2. The third kappa shape index (κ3) is 2.09. The molecule has 0 atom stereocenters. The average Bonchev–Trinajstić information content (AvgIpc) is 2.71. The molecule has 0 unspecified atom stereocenters. The molecule has 2 rings (SSSR count). The second kappa shape index (κ2) is 4.40. The molecular formula is C11H11F2N3. The fourth-order valence-corrected chi connectivity index (χ4v) is 1.46. The Labute approximate surface area is 91.5 Å². The molecule has 0 aliphatic heterocycles. The summed E-state index contributed by atoms with van der Waals surface area (Å²) in [4.78, 5) is 6.96. The molecule has 1 aromatic heterocycles. The smallest absolute Gasteiger partial charge is 0.132 e. The van der Waals surface area contributed by atoms with Crippen molar-refractivity contribution in [1.82, 2.24) is 15.3 Å². The zero-order valence-electron chi connectivity index (χ0n) is 8.72. The number of benzene rings is 1. The second-order valence-electron chi connectivity index (χ2n) is 3.40. The van der Waals surface area contributed by atoms with Crippen LogP contribution in [0, 0.1) is 11.6 Å². The first-order valence-electron chi connectivity index (χ1n) is 4.84. The van der Waals surface area contributed by atoms with E-state index in [0.717, 1.165) is 18.2 Å². The standard InChI is InChI=1S/C11H11F2N3/c1-14-6-11-15-5-10(16-11)8-4-7(12)2-3-9(8)13/h2-5,14H,6H2,1H3,(H,15,16). The van der Waals surface area contributed by atoms with E-state index in [-0.39, 0.29) is 5.56 Å². The van der Waals surface area contributed by atoms with E-state index < -0.39 is 11.6 Å². The van der Waals surface area contributed by atoms with Crippen LogP contribution in [-0.2, 0) is 6.54 Å². The molecule has 1 heterocycles. The Balaban J connectivity index is 2.38. The van der Waals surface area contributed by atoms with Gasteiger partial charge in [0.05, 0.1) is 18.4 Å². The van der Waals surface area contributed by atoms with Gasteiger partial charge in [-0.1, -0.05) is 0 Å². The van der Waals surface area contributed by atoms with E-state index in [4.69, 9.17) is 0 Å². The third-order valence-corrected chi connectivity index (χ3v) is 2.19. The van der Waals surface area contributed by atoms with Crippen molar-refractivity contribution in [2.24, 2.45) is 0 Å². The van der Waals surface area contributed by atoms with Crippen LogP contribution in [0.25, 0.3) is 11.3 Å². The van der Waals surface area contributed by atoms with Gasteiger partial charge in [0.25, 0.3) is 0 Å². The van der Waals surface area contributed by atoms with Gasteiger partial charge >= 0.3 is 0 Å². The summed E-state index contributed by atoms with van der Waals surface area (Å²) in [7, 11) is 1.78. The largest absolute Gasteiger partial charge is 0.341 e. The first-order valence-corrected chi connectivity index (χ1v) is 4.84. The van der Waals surface area contributed by atoms with Crippen molar-refractivity contribution in [3.8, 4) is 11.3 Å². The van der Waals surface area contributed by atoms with E-state index in [2.05, 4.69) is 15.3 Å². The van der Waals surface area contributed by atoms with Gasteiger partial charge < -0.3 is 10.3 Å². The van der Waals surface area contributed by atoms with Crippen LogP contribution < -0.4 is 5.32 Å². The second-order valence-corrected chi connectivity index (χ2v) is 3.40. The minimum absolute atomic E-state index is 0.190. The van der Waals surface area contributed by atoms with Gasteiger partial charge in [0.15, 0.2) is 0 Å². The van der Waals surface area contributed by atoms with Crippen molar-refractivity contribution in [3.63, 3.8) is 0 Å². The molecule has 16 heavy (non-hydrogen) atoms. The Morgan fingerprint density at radius 2 is 2.19 bits per heavy atom. The van der Waals surface area contributed by atoms with Crippen molar-refractivity contribution >= 4 is 0 Å². The quantitative estimate of drug-likeness (QED) is 0.836. The fourth-order valence-electron chi connectivity index (χ4n) is 1.46. The first-order chi connectivity index (χ1) is 7.70. The number of halogens is 2. The van der Waals surface area contributed by atoms with Crippen LogP contribution in [0.15, 0.2) is 24.4 Å². The highest BCUT2D eigenvalue weighted by Gasteiger charge is 2.09. The number of nitrogens with zero attached hydrogens (tertiary/aromatic N) is 1. The Kier molecular flexibility index (Phi) is 2.96. The van der Waals surface area contributed by atoms with Crippen molar-refractivity contribution in [3.05, 3.63) is 41.9 Å². The van der Waals surface area contributed by atoms with Crippen LogP contribution in [0.4, 0.5) is 8.78 Å². The van der Waals surface area contributed by atoms with Crippen molar-refractivity contribution in [2.45, 2.75) is 6.54 Å². The molecule has 0 fully saturated rings. The monoisotopic (exact) mass is 223 g/mol.